The molecule has 17 heavy (non-hydrogen) atoms. The Kier molecular flexibility index (Phi) is 5.18. The van der Waals surface area contributed by atoms with Gasteiger partial charge >= 0.3 is 0 Å². The van der Waals surface area contributed by atoms with E-state index in [2.05, 4.69) is 4.72 Å². The molecule has 0 aromatic carbocycles. The number of carbonyl (C=O) groups excluding carboxylic acids is 1. The van der Waals surface area contributed by atoms with Crippen LogP contribution in [0.2, 0.25) is 0 Å². The Morgan fingerprint density at radius 1 is 1.35 bits per heavy atom. The molecule has 5 heteroatoms. The van der Waals surface area contributed by atoms with Crippen LogP contribution in [-0.4, -0.2) is 19.6 Å². The summed E-state index contributed by atoms with van der Waals surface area (Å²) in [6.07, 6.45) is 7.26. The Bertz CT molecular complexity index is 383. The fraction of sp³-hybridized carbons (Fsp3) is 0.750. The van der Waals surface area contributed by atoms with Gasteiger partial charge in [-0.25, -0.2) is 8.42 Å². The van der Waals surface area contributed by atoms with Gasteiger partial charge in [-0.15, -0.1) is 0 Å². The highest BCUT2D eigenvalue weighted by Gasteiger charge is 2.27. The fourth-order valence-electron chi connectivity index (χ4n) is 2.07. The predicted molar refractivity (Wildman–Crippen MR) is 67.9 cm³/mol. The molecule has 0 aromatic rings. The normalized spacial score (nSPS) is 20.5. The van der Waals surface area contributed by atoms with Crippen molar-refractivity contribution >= 4 is 15.9 Å². The molecule has 0 unspecified atom stereocenters. The summed E-state index contributed by atoms with van der Waals surface area (Å²) in [6.45, 7) is 3.64. The van der Waals surface area contributed by atoms with E-state index in [-0.39, 0.29) is 11.8 Å². The van der Waals surface area contributed by atoms with Crippen molar-refractivity contribution in [2.75, 3.05) is 0 Å². The molecule has 0 aliphatic heterocycles. The number of amides is 1. The van der Waals surface area contributed by atoms with E-state index in [4.69, 9.17) is 0 Å². The van der Waals surface area contributed by atoms with Crippen LogP contribution in [0, 0.1) is 5.92 Å². The van der Waals surface area contributed by atoms with Crippen LogP contribution in [0.25, 0.3) is 0 Å². The van der Waals surface area contributed by atoms with Crippen LogP contribution >= 0.6 is 0 Å². The number of rotatable bonds is 5. The van der Waals surface area contributed by atoms with Crippen molar-refractivity contribution in [3.05, 3.63) is 12.2 Å². The largest absolute Gasteiger partial charge is 0.274 e. The lowest BCUT2D eigenvalue weighted by molar-refractivity contribution is -0.123. The average molecular weight is 259 g/mol. The maximum absolute atomic E-state index is 11.9. The molecule has 0 spiro atoms. The SMILES string of the molecule is CCC(CC)S(=O)(=O)NC(=O)[C@H]1CC=CCC1. The number of allylic oxidation sites excluding steroid dienone is 2. The standard InChI is InChI=1S/C12H21NO3S/c1-3-11(4-2)17(15,16)13-12(14)10-8-6-5-7-9-10/h5-6,10-11H,3-4,7-9H2,1-2H3,(H,13,14)/t10-/m0/s1. The van der Waals surface area contributed by atoms with E-state index < -0.39 is 15.3 Å². The molecule has 0 saturated heterocycles. The highest BCUT2D eigenvalue weighted by Crippen LogP contribution is 2.19. The molecule has 1 aliphatic carbocycles. The van der Waals surface area contributed by atoms with E-state index in [1.807, 2.05) is 26.0 Å². The van der Waals surface area contributed by atoms with Gasteiger partial charge in [0.05, 0.1) is 5.25 Å². The summed E-state index contributed by atoms with van der Waals surface area (Å²) in [4.78, 5) is 11.8. The first kappa shape index (κ1) is 14.2. The van der Waals surface area contributed by atoms with Gasteiger partial charge in [0.25, 0.3) is 0 Å². The summed E-state index contributed by atoms with van der Waals surface area (Å²) < 4.78 is 26.0. The lowest BCUT2D eigenvalue weighted by Gasteiger charge is -2.20. The van der Waals surface area contributed by atoms with Crippen LogP contribution in [0.5, 0.6) is 0 Å². The van der Waals surface area contributed by atoms with Crippen molar-refractivity contribution in [3.63, 3.8) is 0 Å². The van der Waals surface area contributed by atoms with Crippen molar-refractivity contribution in [3.8, 4) is 0 Å². The molecule has 1 atom stereocenters. The molecule has 0 saturated carbocycles. The third-order valence-corrected chi connectivity index (χ3v) is 5.26. The third kappa shape index (κ3) is 3.84. The molecule has 98 valence electrons. The molecule has 1 amide bonds. The quantitative estimate of drug-likeness (QED) is 0.768. The van der Waals surface area contributed by atoms with Gasteiger partial charge in [-0.1, -0.05) is 26.0 Å². The monoisotopic (exact) mass is 259 g/mol. The van der Waals surface area contributed by atoms with Crippen LogP contribution < -0.4 is 4.72 Å². The van der Waals surface area contributed by atoms with Gasteiger partial charge in [0.1, 0.15) is 0 Å². The molecule has 0 aromatic heterocycles. The van der Waals surface area contributed by atoms with Gasteiger partial charge in [0.2, 0.25) is 15.9 Å². The Labute approximate surface area is 104 Å². The van der Waals surface area contributed by atoms with Crippen molar-refractivity contribution in [2.45, 2.75) is 51.2 Å². The van der Waals surface area contributed by atoms with Crippen molar-refractivity contribution in [1.82, 2.24) is 4.72 Å². The number of nitrogens with one attached hydrogen (secondary N) is 1. The first-order valence-corrected chi connectivity index (χ1v) is 7.76. The smallest absolute Gasteiger partial charge is 0.237 e. The predicted octanol–water partition coefficient (Wildman–Crippen LogP) is 1.98. The zero-order valence-electron chi connectivity index (χ0n) is 10.5. The van der Waals surface area contributed by atoms with E-state index in [0.717, 1.165) is 12.8 Å². The summed E-state index contributed by atoms with van der Waals surface area (Å²) >= 11 is 0. The van der Waals surface area contributed by atoms with Gasteiger partial charge in [0.15, 0.2) is 0 Å². The van der Waals surface area contributed by atoms with Gasteiger partial charge < -0.3 is 0 Å². The maximum Gasteiger partial charge on any atom is 0.237 e. The van der Waals surface area contributed by atoms with Gasteiger partial charge in [-0.2, -0.15) is 0 Å². The Balaban J connectivity index is 2.64. The summed E-state index contributed by atoms with van der Waals surface area (Å²) in [5.41, 5.74) is 0. The van der Waals surface area contributed by atoms with Crippen LogP contribution in [0.3, 0.4) is 0 Å². The minimum absolute atomic E-state index is 0.191. The van der Waals surface area contributed by atoms with Crippen LogP contribution in [-0.2, 0) is 14.8 Å². The van der Waals surface area contributed by atoms with E-state index in [1.54, 1.807) is 0 Å². The Hall–Kier alpha value is -0.840. The van der Waals surface area contributed by atoms with E-state index in [1.165, 1.54) is 0 Å². The lowest BCUT2D eigenvalue weighted by atomic mass is 9.94. The first-order chi connectivity index (χ1) is 8.01. The summed E-state index contributed by atoms with van der Waals surface area (Å²) in [5, 5.41) is -0.467. The second-order valence-corrected chi connectivity index (χ2v) is 6.39. The van der Waals surface area contributed by atoms with Crippen LogP contribution in [0.1, 0.15) is 46.0 Å². The second-order valence-electron chi connectivity index (χ2n) is 4.43. The first-order valence-electron chi connectivity index (χ1n) is 6.21. The Morgan fingerprint density at radius 3 is 2.47 bits per heavy atom. The van der Waals surface area contributed by atoms with Crippen LogP contribution in [0.4, 0.5) is 0 Å². The molecular weight excluding hydrogens is 238 g/mol. The maximum atomic E-state index is 11.9. The third-order valence-electron chi connectivity index (χ3n) is 3.23. The molecule has 1 rings (SSSR count). The molecule has 0 bridgehead atoms. The second kappa shape index (κ2) is 6.19. The molecule has 1 aliphatic rings. The zero-order chi connectivity index (χ0) is 12.9. The average Bonchev–Trinajstić information content (AvgIpc) is 2.30. The number of hydrogen-bond donors (Lipinski definition) is 1. The molecule has 1 N–H and O–H groups in total. The fourth-order valence-corrected chi connectivity index (χ4v) is 3.56. The highest BCUT2D eigenvalue weighted by molar-refractivity contribution is 7.90. The van der Waals surface area contributed by atoms with Gasteiger partial charge in [-0.3, -0.25) is 9.52 Å². The summed E-state index contributed by atoms with van der Waals surface area (Å²) in [7, 11) is -3.49. The molecule has 0 heterocycles. The minimum Gasteiger partial charge on any atom is -0.274 e. The van der Waals surface area contributed by atoms with E-state index in [0.29, 0.717) is 19.3 Å². The number of hydrogen-bond acceptors (Lipinski definition) is 3. The lowest BCUT2D eigenvalue weighted by Crippen LogP contribution is -2.41. The van der Waals surface area contributed by atoms with Crippen molar-refractivity contribution in [2.24, 2.45) is 5.92 Å². The molecular formula is C12H21NO3S. The number of carbonyl (C=O) groups is 1. The number of sulfonamides is 1. The van der Waals surface area contributed by atoms with Gasteiger partial charge in [0, 0.05) is 5.92 Å². The van der Waals surface area contributed by atoms with Crippen LogP contribution in [0.15, 0.2) is 12.2 Å². The summed E-state index contributed by atoms with van der Waals surface area (Å²) in [6, 6.07) is 0. The zero-order valence-corrected chi connectivity index (χ0v) is 11.3. The molecule has 4 nitrogen and oxygen atoms in total. The topological polar surface area (TPSA) is 63.2 Å². The molecule has 0 fully saturated rings. The molecule has 0 radical (unpaired) electrons. The van der Waals surface area contributed by atoms with E-state index in [9.17, 15) is 13.2 Å². The van der Waals surface area contributed by atoms with Crippen molar-refractivity contribution < 1.29 is 13.2 Å². The Morgan fingerprint density at radius 2 is 2.00 bits per heavy atom. The highest BCUT2D eigenvalue weighted by atomic mass is 32.2. The summed E-state index contributed by atoms with van der Waals surface area (Å²) in [5.74, 6) is -0.537. The van der Waals surface area contributed by atoms with E-state index >= 15 is 0 Å². The minimum atomic E-state index is -3.49. The van der Waals surface area contributed by atoms with Gasteiger partial charge in [-0.05, 0) is 32.1 Å². The van der Waals surface area contributed by atoms with Crippen molar-refractivity contribution in [1.29, 1.82) is 0 Å².